The van der Waals surface area contributed by atoms with Crippen LogP contribution in [0.2, 0.25) is 0 Å². The molecule has 1 N–H and O–H groups in total. The Bertz CT molecular complexity index is 682. The molecule has 1 aromatic heterocycles. The van der Waals surface area contributed by atoms with Crippen LogP contribution in [0.1, 0.15) is 22.6 Å². The lowest BCUT2D eigenvalue weighted by Gasteiger charge is -2.05. The molecule has 0 radical (unpaired) electrons. The maximum atomic E-state index is 14.0. The van der Waals surface area contributed by atoms with Gasteiger partial charge in [-0.1, -0.05) is 15.9 Å². The number of carbonyl (C=O) groups is 1. The molecule has 0 unspecified atom stereocenters. The summed E-state index contributed by atoms with van der Waals surface area (Å²) in [6, 6.07) is 4.50. The molecule has 0 saturated heterocycles. The summed E-state index contributed by atoms with van der Waals surface area (Å²) in [7, 11) is 0. The Labute approximate surface area is 117 Å². The van der Waals surface area contributed by atoms with Crippen molar-refractivity contribution in [1.29, 1.82) is 0 Å². The number of aryl methyl sites for hydroxylation is 1. The summed E-state index contributed by atoms with van der Waals surface area (Å²) in [6.07, 6.45) is 1.63. The van der Waals surface area contributed by atoms with E-state index in [-0.39, 0.29) is 11.3 Å². The van der Waals surface area contributed by atoms with Crippen molar-refractivity contribution in [3.63, 3.8) is 0 Å². The van der Waals surface area contributed by atoms with Gasteiger partial charge in [0.2, 0.25) is 0 Å². The number of halogens is 2. The van der Waals surface area contributed by atoms with E-state index in [1.807, 2.05) is 0 Å². The fraction of sp³-hybridized carbons (Fsp3) is 0.231. The summed E-state index contributed by atoms with van der Waals surface area (Å²) in [4.78, 5) is 11.3. The van der Waals surface area contributed by atoms with E-state index in [1.54, 1.807) is 16.8 Å². The molecule has 0 amide bonds. The lowest BCUT2D eigenvalue weighted by atomic mass is 10.0. The number of carboxylic acid groups (broad SMARTS) is 1. The van der Waals surface area contributed by atoms with E-state index in [1.165, 1.54) is 6.07 Å². The fourth-order valence-corrected chi connectivity index (χ4v) is 2.81. The van der Waals surface area contributed by atoms with Crippen molar-refractivity contribution in [3.05, 3.63) is 39.9 Å². The van der Waals surface area contributed by atoms with Crippen LogP contribution >= 0.6 is 15.9 Å². The monoisotopic (exact) mass is 324 g/mol. The molecule has 4 nitrogen and oxygen atoms in total. The minimum Gasteiger partial charge on any atom is -0.476 e. The van der Waals surface area contributed by atoms with Crippen LogP contribution in [-0.4, -0.2) is 20.9 Å². The fourth-order valence-electron chi connectivity index (χ4n) is 2.45. The molecule has 6 heteroatoms. The van der Waals surface area contributed by atoms with Gasteiger partial charge in [0.1, 0.15) is 5.82 Å². The van der Waals surface area contributed by atoms with Crippen LogP contribution in [0.15, 0.2) is 22.7 Å². The maximum absolute atomic E-state index is 14.0. The summed E-state index contributed by atoms with van der Waals surface area (Å²) in [5.74, 6) is -1.57. The molecule has 1 aromatic carbocycles. The Hall–Kier alpha value is -1.69. The van der Waals surface area contributed by atoms with Gasteiger partial charge in [-0.3, -0.25) is 4.68 Å². The molecule has 19 heavy (non-hydrogen) atoms. The third-order valence-electron chi connectivity index (χ3n) is 3.24. The molecule has 1 aliphatic heterocycles. The molecule has 98 valence electrons. The normalized spacial score (nSPS) is 13.6. The summed E-state index contributed by atoms with van der Waals surface area (Å²) in [5.41, 5.74) is 1.42. The second-order valence-corrected chi connectivity index (χ2v) is 5.34. The number of hydrogen-bond acceptors (Lipinski definition) is 2. The van der Waals surface area contributed by atoms with Gasteiger partial charge >= 0.3 is 5.97 Å². The predicted molar refractivity (Wildman–Crippen MR) is 70.6 cm³/mol. The number of nitrogens with zero attached hydrogens (tertiary/aromatic N) is 2. The number of rotatable bonds is 2. The van der Waals surface area contributed by atoms with Crippen LogP contribution in [0.3, 0.4) is 0 Å². The van der Waals surface area contributed by atoms with Crippen molar-refractivity contribution in [1.82, 2.24) is 9.78 Å². The molecule has 3 rings (SSSR count). The minimum absolute atomic E-state index is 0.0771. The Kier molecular flexibility index (Phi) is 2.89. The van der Waals surface area contributed by atoms with Crippen molar-refractivity contribution in [2.24, 2.45) is 0 Å². The summed E-state index contributed by atoms with van der Waals surface area (Å²) in [5, 5.41) is 13.3. The quantitative estimate of drug-likeness (QED) is 0.923. The molecule has 0 aliphatic carbocycles. The number of fused-ring (bicyclic) bond motifs is 1. The van der Waals surface area contributed by atoms with E-state index >= 15 is 0 Å². The van der Waals surface area contributed by atoms with E-state index in [2.05, 4.69) is 21.0 Å². The number of aromatic carboxylic acids is 1. The van der Waals surface area contributed by atoms with E-state index in [0.717, 1.165) is 18.5 Å². The standard InChI is InChI=1S/C13H10BrFN2O2/c14-7-3-4-9(15)8(6-7)11-10-2-1-5-17(10)16-12(11)13(18)19/h3-4,6H,1-2,5H2,(H,18,19). The summed E-state index contributed by atoms with van der Waals surface area (Å²) >= 11 is 3.28. The third kappa shape index (κ3) is 1.96. The van der Waals surface area contributed by atoms with Gasteiger partial charge in [0.25, 0.3) is 0 Å². The number of benzene rings is 1. The molecule has 1 aliphatic rings. The van der Waals surface area contributed by atoms with Gasteiger partial charge < -0.3 is 5.11 Å². The molecule has 2 heterocycles. The second-order valence-electron chi connectivity index (χ2n) is 4.43. The van der Waals surface area contributed by atoms with Gasteiger partial charge in [0.05, 0.1) is 0 Å². The minimum atomic E-state index is -1.13. The van der Waals surface area contributed by atoms with E-state index in [0.29, 0.717) is 16.6 Å². The van der Waals surface area contributed by atoms with Gasteiger partial charge in [0, 0.05) is 27.8 Å². The average Bonchev–Trinajstić information content (AvgIpc) is 2.92. The van der Waals surface area contributed by atoms with Crippen molar-refractivity contribution < 1.29 is 14.3 Å². The lowest BCUT2D eigenvalue weighted by molar-refractivity contribution is 0.0690. The number of hydrogen-bond donors (Lipinski definition) is 1. The van der Waals surface area contributed by atoms with Crippen molar-refractivity contribution in [3.8, 4) is 11.1 Å². The van der Waals surface area contributed by atoms with Crippen LogP contribution in [0.4, 0.5) is 4.39 Å². The topological polar surface area (TPSA) is 55.1 Å². The molecule has 0 bridgehead atoms. The van der Waals surface area contributed by atoms with Gasteiger partial charge in [-0.2, -0.15) is 5.10 Å². The molecule has 0 spiro atoms. The Morgan fingerprint density at radius 1 is 1.47 bits per heavy atom. The second kappa shape index (κ2) is 4.45. The molecular weight excluding hydrogens is 315 g/mol. The van der Waals surface area contributed by atoms with Gasteiger partial charge in [-0.05, 0) is 31.0 Å². The number of aromatic nitrogens is 2. The van der Waals surface area contributed by atoms with Crippen LogP contribution in [0, 0.1) is 5.82 Å². The van der Waals surface area contributed by atoms with Gasteiger partial charge in [0.15, 0.2) is 5.69 Å². The largest absolute Gasteiger partial charge is 0.476 e. The van der Waals surface area contributed by atoms with Crippen LogP contribution < -0.4 is 0 Å². The molecule has 0 atom stereocenters. The molecule has 0 saturated carbocycles. The third-order valence-corrected chi connectivity index (χ3v) is 3.73. The highest BCUT2D eigenvalue weighted by molar-refractivity contribution is 9.10. The Balaban J connectivity index is 2.29. The highest BCUT2D eigenvalue weighted by atomic mass is 79.9. The zero-order chi connectivity index (χ0) is 13.6. The average molecular weight is 325 g/mol. The SMILES string of the molecule is O=C(O)c1nn2c(c1-c1cc(Br)ccc1F)CCC2. The van der Waals surface area contributed by atoms with Gasteiger partial charge in [-0.15, -0.1) is 0 Å². The van der Waals surface area contributed by atoms with Crippen molar-refractivity contribution >= 4 is 21.9 Å². The van der Waals surface area contributed by atoms with E-state index < -0.39 is 11.8 Å². The number of carboxylic acids is 1. The zero-order valence-corrected chi connectivity index (χ0v) is 11.4. The molecule has 0 fully saturated rings. The Morgan fingerprint density at radius 3 is 3.00 bits per heavy atom. The molecular formula is C13H10BrFN2O2. The van der Waals surface area contributed by atoms with E-state index in [4.69, 9.17) is 0 Å². The first-order valence-electron chi connectivity index (χ1n) is 5.86. The van der Waals surface area contributed by atoms with Crippen LogP contribution in [-0.2, 0) is 13.0 Å². The van der Waals surface area contributed by atoms with Crippen LogP contribution in [0.25, 0.3) is 11.1 Å². The first-order chi connectivity index (χ1) is 9.08. The lowest BCUT2D eigenvalue weighted by Crippen LogP contribution is -2.02. The maximum Gasteiger partial charge on any atom is 0.357 e. The van der Waals surface area contributed by atoms with Crippen molar-refractivity contribution in [2.45, 2.75) is 19.4 Å². The smallest absolute Gasteiger partial charge is 0.357 e. The van der Waals surface area contributed by atoms with E-state index in [9.17, 15) is 14.3 Å². The summed E-state index contributed by atoms with van der Waals surface area (Å²) in [6.45, 7) is 0.686. The predicted octanol–water partition coefficient (Wildman–Crippen LogP) is 3.10. The highest BCUT2D eigenvalue weighted by Crippen LogP contribution is 2.34. The Morgan fingerprint density at radius 2 is 2.26 bits per heavy atom. The van der Waals surface area contributed by atoms with Crippen LogP contribution in [0.5, 0.6) is 0 Å². The van der Waals surface area contributed by atoms with Crippen molar-refractivity contribution in [2.75, 3.05) is 0 Å². The summed E-state index contributed by atoms with van der Waals surface area (Å²) < 4.78 is 16.4. The molecule has 2 aromatic rings. The first-order valence-corrected chi connectivity index (χ1v) is 6.65. The van der Waals surface area contributed by atoms with Gasteiger partial charge in [-0.25, -0.2) is 9.18 Å². The zero-order valence-electron chi connectivity index (χ0n) is 9.86. The highest BCUT2D eigenvalue weighted by Gasteiger charge is 2.27. The first kappa shape index (κ1) is 12.3.